The van der Waals surface area contributed by atoms with Crippen molar-refractivity contribution < 1.29 is 0 Å². The van der Waals surface area contributed by atoms with Crippen molar-refractivity contribution >= 4 is 5.96 Å². The van der Waals surface area contributed by atoms with Gasteiger partial charge in [0.1, 0.15) is 0 Å². The Morgan fingerprint density at radius 1 is 1.36 bits per heavy atom. The molecule has 1 aliphatic carbocycles. The van der Waals surface area contributed by atoms with Crippen LogP contribution in [0.5, 0.6) is 0 Å². The first-order chi connectivity index (χ1) is 6.70. The summed E-state index contributed by atoms with van der Waals surface area (Å²) in [5, 5.41) is 0. The molecule has 1 fully saturated rings. The van der Waals surface area contributed by atoms with Gasteiger partial charge in [-0.05, 0) is 32.6 Å². The monoisotopic (exact) mass is 195 g/mol. The van der Waals surface area contributed by atoms with Crippen molar-refractivity contribution in [2.75, 3.05) is 6.54 Å². The van der Waals surface area contributed by atoms with Gasteiger partial charge in [0.2, 0.25) is 0 Å². The van der Waals surface area contributed by atoms with Gasteiger partial charge in [-0.2, -0.15) is 0 Å². The zero-order chi connectivity index (χ0) is 10.1. The van der Waals surface area contributed by atoms with Crippen LogP contribution in [0.15, 0.2) is 4.99 Å². The summed E-state index contributed by atoms with van der Waals surface area (Å²) in [7, 11) is 0. The van der Waals surface area contributed by atoms with E-state index in [4.69, 9.17) is 5.73 Å². The summed E-state index contributed by atoms with van der Waals surface area (Å²) >= 11 is 0. The van der Waals surface area contributed by atoms with E-state index in [0.29, 0.717) is 12.1 Å². The molecule has 0 spiro atoms. The lowest BCUT2D eigenvalue weighted by Crippen LogP contribution is -2.47. The average molecular weight is 195 g/mol. The van der Waals surface area contributed by atoms with Crippen LogP contribution in [0.1, 0.15) is 39.5 Å². The molecule has 3 heteroatoms. The van der Waals surface area contributed by atoms with Crippen molar-refractivity contribution in [3.05, 3.63) is 0 Å². The molecule has 1 aliphatic heterocycles. The van der Waals surface area contributed by atoms with Crippen LogP contribution in [0.4, 0.5) is 0 Å². The van der Waals surface area contributed by atoms with Crippen LogP contribution in [0.25, 0.3) is 0 Å². The van der Waals surface area contributed by atoms with Crippen LogP contribution in [-0.4, -0.2) is 29.5 Å². The third-order valence-corrected chi connectivity index (χ3v) is 3.56. The normalized spacial score (nSPS) is 28.9. The fraction of sp³-hybridized carbons (Fsp3) is 0.909. The van der Waals surface area contributed by atoms with Gasteiger partial charge in [-0.25, -0.2) is 0 Å². The molecule has 2 N–H and O–H groups in total. The Morgan fingerprint density at radius 2 is 2.00 bits per heavy atom. The molecule has 80 valence electrons. The molecule has 0 aromatic heterocycles. The molecule has 14 heavy (non-hydrogen) atoms. The fourth-order valence-electron chi connectivity index (χ4n) is 2.89. The number of nitrogens with zero attached hydrogens (tertiary/aromatic N) is 2. The Bertz CT molecular complexity index is 229. The third-order valence-electron chi connectivity index (χ3n) is 3.56. The van der Waals surface area contributed by atoms with E-state index in [1.165, 1.54) is 25.7 Å². The number of hydrogen-bond acceptors (Lipinski definition) is 3. The van der Waals surface area contributed by atoms with Crippen LogP contribution >= 0.6 is 0 Å². The predicted molar refractivity (Wildman–Crippen MR) is 59.2 cm³/mol. The second kappa shape index (κ2) is 3.79. The SMILES string of the molecule is CC(C)N1C(N)=NCC1C1CCCC1. The number of guanidine groups is 1. The second-order valence-corrected chi connectivity index (χ2v) is 4.81. The Kier molecular flexibility index (Phi) is 2.66. The lowest BCUT2D eigenvalue weighted by atomic mass is 9.97. The van der Waals surface area contributed by atoms with E-state index in [1.807, 2.05) is 0 Å². The zero-order valence-corrected chi connectivity index (χ0v) is 9.24. The highest BCUT2D eigenvalue weighted by atomic mass is 15.3. The zero-order valence-electron chi connectivity index (χ0n) is 9.24. The summed E-state index contributed by atoms with van der Waals surface area (Å²) < 4.78 is 0. The number of hydrogen-bond donors (Lipinski definition) is 1. The van der Waals surface area contributed by atoms with Crippen LogP contribution in [0.3, 0.4) is 0 Å². The van der Waals surface area contributed by atoms with E-state index < -0.39 is 0 Å². The number of nitrogens with two attached hydrogens (primary N) is 1. The molecule has 0 amide bonds. The number of aliphatic imine (C=N–C) groups is 1. The van der Waals surface area contributed by atoms with E-state index >= 15 is 0 Å². The summed E-state index contributed by atoms with van der Waals surface area (Å²) in [5.41, 5.74) is 5.91. The van der Waals surface area contributed by atoms with E-state index in [2.05, 4.69) is 23.7 Å². The van der Waals surface area contributed by atoms with E-state index in [-0.39, 0.29) is 0 Å². The molecule has 3 nitrogen and oxygen atoms in total. The molecule has 1 heterocycles. The highest BCUT2D eigenvalue weighted by Gasteiger charge is 2.35. The Balaban J connectivity index is 2.05. The molecule has 0 aromatic carbocycles. The second-order valence-electron chi connectivity index (χ2n) is 4.81. The first-order valence-corrected chi connectivity index (χ1v) is 5.78. The molecule has 1 atom stereocenters. The Hall–Kier alpha value is -0.730. The summed E-state index contributed by atoms with van der Waals surface area (Å²) in [6, 6.07) is 1.09. The van der Waals surface area contributed by atoms with Crippen LogP contribution in [0, 0.1) is 5.92 Å². The van der Waals surface area contributed by atoms with Crippen molar-refractivity contribution in [2.24, 2.45) is 16.6 Å². The summed E-state index contributed by atoms with van der Waals surface area (Å²) in [6.07, 6.45) is 5.54. The maximum atomic E-state index is 5.91. The van der Waals surface area contributed by atoms with Crippen LogP contribution < -0.4 is 5.73 Å². The molecular formula is C11H21N3. The highest BCUT2D eigenvalue weighted by Crippen LogP contribution is 2.32. The predicted octanol–water partition coefficient (Wildman–Crippen LogP) is 1.58. The highest BCUT2D eigenvalue weighted by molar-refractivity contribution is 5.80. The van der Waals surface area contributed by atoms with Gasteiger partial charge in [0.15, 0.2) is 5.96 Å². The van der Waals surface area contributed by atoms with Gasteiger partial charge >= 0.3 is 0 Å². The van der Waals surface area contributed by atoms with Crippen molar-refractivity contribution in [1.29, 1.82) is 0 Å². The molecule has 1 unspecified atom stereocenters. The van der Waals surface area contributed by atoms with Gasteiger partial charge in [0.25, 0.3) is 0 Å². The molecular weight excluding hydrogens is 174 g/mol. The van der Waals surface area contributed by atoms with Gasteiger partial charge in [-0.3, -0.25) is 4.99 Å². The Morgan fingerprint density at radius 3 is 2.57 bits per heavy atom. The molecule has 0 aromatic rings. The fourth-order valence-corrected chi connectivity index (χ4v) is 2.89. The molecule has 0 saturated heterocycles. The van der Waals surface area contributed by atoms with E-state index in [1.54, 1.807) is 0 Å². The maximum absolute atomic E-state index is 5.91. The van der Waals surface area contributed by atoms with Crippen molar-refractivity contribution in [3.8, 4) is 0 Å². The first-order valence-electron chi connectivity index (χ1n) is 5.78. The maximum Gasteiger partial charge on any atom is 0.191 e. The smallest absolute Gasteiger partial charge is 0.191 e. The molecule has 1 saturated carbocycles. The Labute approximate surface area is 86.4 Å². The molecule has 2 aliphatic rings. The quantitative estimate of drug-likeness (QED) is 0.727. The summed E-state index contributed by atoms with van der Waals surface area (Å²) in [5.74, 6) is 1.60. The minimum atomic E-state index is 0.492. The van der Waals surface area contributed by atoms with Gasteiger partial charge in [0, 0.05) is 6.04 Å². The van der Waals surface area contributed by atoms with Crippen LogP contribution in [0.2, 0.25) is 0 Å². The van der Waals surface area contributed by atoms with Gasteiger partial charge < -0.3 is 10.6 Å². The topological polar surface area (TPSA) is 41.6 Å². The van der Waals surface area contributed by atoms with Crippen molar-refractivity contribution in [1.82, 2.24) is 4.90 Å². The van der Waals surface area contributed by atoms with Gasteiger partial charge in [0.05, 0.1) is 12.6 Å². The minimum Gasteiger partial charge on any atom is -0.370 e. The summed E-state index contributed by atoms with van der Waals surface area (Å²) in [6.45, 7) is 5.33. The van der Waals surface area contributed by atoms with Gasteiger partial charge in [-0.1, -0.05) is 12.8 Å². The van der Waals surface area contributed by atoms with Crippen molar-refractivity contribution in [2.45, 2.75) is 51.6 Å². The van der Waals surface area contributed by atoms with Gasteiger partial charge in [-0.15, -0.1) is 0 Å². The molecule has 0 radical (unpaired) electrons. The lowest BCUT2D eigenvalue weighted by Gasteiger charge is -2.33. The standard InChI is InChI=1S/C11H21N3/c1-8(2)14-10(7-13-11(14)12)9-5-3-4-6-9/h8-10H,3-7H2,1-2H3,(H2,12,13). The first kappa shape index (κ1) is 9.81. The number of rotatable bonds is 2. The van der Waals surface area contributed by atoms with Crippen molar-refractivity contribution in [3.63, 3.8) is 0 Å². The molecule has 2 rings (SSSR count). The van der Waals surface area contributed by atoms with E-state index in [0.717, 1.165) is 18.4 Å². The largest absolute Gasteiger partial charge is 0.370 e. The summed E-state index contributed by atoms with van der Waals surface area (Å²) in [4.78, 5) is 6.70. The molecule has 0 bridgehead atoms. The third kappa shape index (κ3) is 1.60. The average Bonchev–Trinajstić information content (AvgIpc) is 2.70. The lowest BCUT2D eigenvalue weighted by molar-refractivity contribution is 0.216. The minimum absolute atomic E-state index is 0.492. The van der Waals surface area contributed by atoms with Crippen LogP contribution in [-0.2, 0) is 0 Å². The van der Waals surface area contributed by atoms with E-state index in [9.17, 15) is 0 Å².